The van der Waals surface area contributed by atoms with E-state index in [1.807, 2.05) is 10.9 Å². The summed E-state index contributed by atoms with van der Waals surface area (Å²) in [6.45, 7) is 3.15. The van der Waals surface area contributed by atoms with Gasteiger partial charge in [0.25, 0.3) is 0 Å². The van der Waals surface area contributed by atoms with E-state index in [2.05, 4.69) is 43.9 Å². The number of rotatable bonds is 3. The molecule has 0 aliphatic rings. The monoisotopic (exact) mass is 280 g/mol. The smallest absolute Gasteiger partial charge is 0.0632 e. The van der Waals surface area contributed by atoms with Gasteiger partial charge >= 0.3 is 0 Å². The van der Waals surface area contributed by atoms with Crippen molar-refractivity contribution in [3.05, 3.63) is 16.9 Å². The number of halogens is 2. The van der Waals surface area contributed by atoms with Gasteiger partial charge in [-0.15, -0.1) is 0 Å². The van der Waals surface area contributed by atoms with Crippen molar-refractivity contribution in [3.63, 3.8) is 0 Å². The second kappa shape index (κ2) is 4.26. The predicted octanol–water partition coefficient (Wildman–Crippen LogP) is 2.68. The lowest BCUT2D eigenvalue weighted by molar-refractivity contribution is 0.491. The first-order chi connectivity index (χ1) is 5.22. The summed E-state index contributed by atoms with van der Waals surface area (Å²) in [5.74, 6) is 0.627. The maximum Gasteiger partial charge on any atom is 0.0632 e. The van der Waals surface area contributed by atoms with Gasteiger partial charge in [0, 0.05) is 18.1 Å². The molecule has 11 heavy (non-hydrogen) atoms. The Bertz CT molecular complexity index is 222. The number of hydrogen-bond donors (Lipinski definition) is 0. The van der Waals surface area contributed by atoms with E-state index in [1.165, 1.54) is 0 Å². The molecule has 0 saturated heterocycles. The molecule has 0 aliphatic heterocycles. The molecule has 1 unspecified atom stereocenters. The van der Waals surface area contributed by atoms with E-state index in [-0.39, 0.29) is 0 Å². The van der Waals surface area contributed by atoms with Crippen molar-refractivity contribution in [2.45, 2.75) is 13.5 Å². The lowest BCUT2D eigenvalue weighted by Gasteiger charge is -2.06. The molecular weight excluding hydrogens is 272 g/mol. The second-order valence-electron chi connectivity index (χ2n) is 2.64. The minimum absolute atomic E-state index is 0.627. The Morgan fingerprint density at radius 3 is 2.91 bits per heavy atom. The van der Waals surface area contributed by atoms with E-state index in [4.69, 9.17) is 0 Å². The molecule has 1 rings (SSSR count). The van der Waals surface area contributed by atoms with Crippen LogP contribution in [0.4, 0.5) is 0 Å². The maximum absolute atomic E-state index is 4.15. The summed E-state index contributed by atoms with van der Waals surface area (Å²) in [7, 11) is 0. The van der Waals surface area contributed by atoms with Crippen molar-refractivity contribution in [1.29, 1.82) is 0 Å². The van der Waals surface area contributed by atoms with Crippen LogP contribution in [0.2, 0.25) is 0 Å². The molecular formula is C7H10Br2N2. The Morgan fingerprint density at radius 1 is 1.73 bits per heavy atom. The molecule has 2 nitrogen and oxygen atoms in total. The molecule has 1 heterocycles. The van der Waals surface area contributed by atoms with Gasteiger partial charge in [-0.2, -0.15) is 5.10 Å². The van der Waals surface area contributed by atoms with Crippen molar-refractivity contribution in [3.8, 4) is 0 Å². The van der Waals surface area contributed by atoms with Crippen LogP contribution in [0.1, 0.15) is 6.92 Å². The van der Waals surface area contributed by atoms with Crippen LogP contribution >= 0.6 is 31.9 Å². The second-order valence-corrected chi connectivity index (χ2v) is 4.20. The molecule has 1 aromatic rings. The van der Waals surface area contributed by atoms with Gasteiger partial charge in [0.05, 0.1) is 10.7 Å². The molecule has 0 radical (unpaired) electrons. The minimum Gasteiger partial charge on any atom is -0.271 e. The van der Waals surface area contributed by atoms with E-state index >= 15 is 0 Å². The van der Waals surface area contributed by atoms with Gasteiger partial charge in [-0.25, -0.2) is 0 Å². The first-order valence-corrected chi connectivity index (χ1v) is 5.37. The highest BCUT2D eigenvalue weighted by atomic mass is 79.9. The zero-order chi connectivity index (χ0) is 8.27. The Hall–Kier alpha value is 0.170. The quantitative estimate of drug-likeness (QED) is 0.779. The third-order valence-corrected chi connectivity index (χ3v) is 2.88. The topological polar surface area (TPSA) is 17.8 Å². The molecule has 0 amide bonds. The minimum atomic E-state index is 0.627. The van der Waals surface area contributed by atoms with E-state index < -0.39 is 0 Å². The molecule has 0 bridgehead atoms. The van der Waals surface area contributed by atoms with Gasteiger partial charge in [0.1, 0.15) is 0 Å². The number of hydrogen-bond acceptors (Lipinski definition) is 1. The highest BCUT2D eigenvalue weighted by Crippen LogP contribution is 2.09. The van der Waals surface area contributed by atoms with E-state index in [9.17, 15) is 0 Å². The third kappa shape index (κ3) is 2.95. The van der Waals surface area contributed by atoms with Crippen molar-refractivity contribution in [2.24, 2.45) is 5.92 Å². The van der Waals surface area contributed by atoms with Gasteiger partial charge in [0.2, 0.25) is 0 Å². The Morgan fingerprint density at radius 2 is 2.45 bits per heavy atom. The van der Waals surface area contributed by atoms with Crippen LogP contribution in [-0.4, -0.2) is 15.1 Å². The zero-order valence-corrected chi connectivity index (χ0v) is 9.47. The van der Waals surface area contributed by atoms with Gasteiger partial charge in [-0.3, -0.25) is 4.68 Å². The van der Waals surface area contributed by atoms with Crippen molar-refractivity contribution < 1.29 is 0 Å². The van der Waals surface area contributed by atoms with Gasteiger partial charge in [-0.1, -0.05) is 22.9 Å². The standard InChI is InChI=1S/C7H10Br2N2/c1-6(2-8)4-11-5-7(9)3-10-11/h3,5-6H,2,4H2,1H3. The maximum atomic E-state index is 4.15. The highest BCUT2D eigenvalue weighted by molar-refractivity contribution is 9.10. The zero-order valence-electron chi connectivity index (χ0n) is 6.30. The normalized spacial score (nSPS) is 13.4. The summed E-state index contributed by atoms with van der Waals surface area (Å²) in [5, 5.41) is 5.17. The summed E-state index contributed by atoms with van der Waals surface area (Å²) < 4.78 is 2.98. The van der Waals surface area contributed by atoms with E-state index in [0.717, 1.165) is 16.3 Å². The van der Waals surface area contributed by atoms with Crippen molar-refractivity contribution in [1.82, 2.24) is 9.78 Å². The van der Waals surface area contributed by atoms with Crippen LogP contribution in [0.3, 0.4) is 0 Å². The Kier molecular flexibility index (Phi) is 3.59. The summed E-state index contributed by atoms with van der Waals surface area (Å²) in [6, 6.07) is 0. The first-order valence-electron chi connectivity index (χ1n) is 3.46. The largest absolute Gasteiger partial charge is 0.271 e. The Balaban J connectivity index is 2.50. The fourth-order valence-electron chi connectivity index (χ4n) is 0.806. The number of alkyl halides is 1. The van der Waals surface area contributed by atoms with Crippen LogP contribution in [0, 0.1) is 5.92 Å². The van der Waals surface area contributed by atoms with Crippen LogP contribution in [0.5, 0.6) is 0 Å². The molecule has 4 heteroatoms. The van der Waals surface area contributed by atoms with Crippen molar-refractivity contribution in [2.75, 3.05) is 5.33 Å². The SMILES string of the molecule is CC(CBr)Cn1cc(Br)cn1. The third-order valence-electron chi connectivity index (χ3n) is 1.36. The van der Waals surface area contributed by atoms with Gasteiger partial charge in [-0.05, 0) is 21.8 Å². The number of aromatic nitrogens is 2. The molecule has 1 aromatic heterocycles. The number of nitrogens with zero attached hydrogens (tertiary/aromatic N) is 2. The molecule has 0 aromatic carbocycles. The Labute approximate surface area is 83.2 Å². The van der Waals surface area contributed by atoms with Crippen LogP contribution in [0.25, 0.3) is 0 Å². The highest BCUT2D eigenvalue weighted by Gasteiger charge is 2.01. The molecule has 0 N–H and O–H groups in total. The molecule has 62 valence electrons. The first kappa shape index (κ1) is 9.26. The summed E-state index contributed by atoms with van der Waals surface area (Å²) >= 11 is 6.78. The van der Waals surface area contributed by atoms with E-state index in [0.29, 0.717) is 5.92 Å². The summed E-state index contributed by atoms with van der Waals surface area (Å²) in [6.07, 6.45) is 3.79. The fraction of sp³-hybridized carbons (Fsp3) is 0.571. The molecule has 0 spiro atoms. The summed E-state index contributed by atoms with van der Waals surface area (Å²) in [4.78, 5) is 0. The van der Waals surface area contributed by atoms with E-state index in [1.54, 1.807) is 6.20 Å². The molecule has 1 atom stereocenters. The van der Waals surface area contributed by atoms with Crippen LogP contribution in [-0.2, 0) is 6.54 Å². The van der Waals surface area contributed by atoms with Crippen LogP contribution in [0.15, 0.2) is 16.9 Å². The van der Waals surface area contributed by atoms with Gasteiger partial charge < -0.3 is 0 Å². The lowest BCUT2D eigenvalue weighted by atomic mass is 10.2. The lowest BCUT2D eigenvalue weighted by Crippen LogP contribution is -2.08. The average molecular weight is 282 g/mol. The molecule has 0 aliphatic carbocycles. The molecule has 0 saturated carbocycles. The van der Waals surface area contributed by atoms with Crippen molar-refractivity contribution >= 4 is 31.9 Å². The fourth-order valence-corrected chi connectivity index (χ4v) is 1.34. The average Bonchev–Trinajstić information content (AvgIpc) is 2.35. The van der Waals surface area contributed by atoms with Crippen LogP contribution < -0.4 is 0 Å². The molecule has 0 fully saturated rings. The van der Waals surface area contributed by atoms with Gasteiger partial charge in [0.15, 0.2) is 0 Å². The predicted molar refractivity (Wildman–Crippen MR) is 52.9 cm³/mol. The summed E-state index contributed by atoms with van der Waals surface area (Å²) in [5.41, 5.74) is 0.